The molecule has 3 N–H and O–H groups in total. The molecule has 17 heavy (non-hydrogen) atoms. The summed E-state index contributed by atoms with van der Waals surface area (Å²) in [5.41, 5.74) is -0.844. The Bertz CT molecular complexity index is 342. The van der Waals surface area contributed by atoms with Crippen molar-refractivity contribution in [3.63, 3.8) is 0 Å². The Morgan fingerprint density at radius 1 is 1.41 bits per heavy atom. The fraction of sp³-hybridized carbons (Fsp3) is 0.636. The van der Waals surface area contributed by atoms with Crippen LogP contribution in [0.5, 0.6) is 5.88 Å². The second-order valence-electron chi connectivity index (χ2n) is 4.07. The highest BCUT2D eigenvalue weighted by molar-refractivity contribution is 5.31. The van der Waals surface area contributed by atoms with E-state index in [0.717, 1.165) is 6.42 Å². The van der Waals surface area contributed by atoms with Crippen LogP contribution in [0.15, 0.2) is 12.3 Å². The number of rotatable bonds is 7. The summed E-state index contributed by atoms with van der Waals surface area (Å²) in [6, 6.07) is 1.66. The molecule has 1 rings (SSSR count). The third kappa shape index (κ3) is 4.16. The molecule has 0 saturated carbocycles. The number of aliphatic hydroxyl groups is 2. The van der Waals surface area contributed by atoms with Crippen LogP contribution < -0.4 is 10.1 Å². The van der Waals surface area contributed by atoms with Crippen LogP contribution in [-0.4, -0.2) is 45.5 Å². The second kappa shape index (κ2) is 6.36. The van der Waals surface area contributed by atoms with Crippen LogP contribution in [0.1, 0.15) is 20.3 Å². The molecule has 0 radical (unpaired) electrons. The van der Waals surface area contributed by atoms with Crippen LogP contribution in [-0.2, 0) is 0 Å². The smallest absolute Gasteiger partial charge is 0.226 e. The average molecular weight is 241 g/mol. The lowest BCUT2D eigenvalue weighted by Gasteiger charge is -2.26. The number of ether oxygens (including phenoxy) is 1. The molecule has 6 heteroatoms. The number of aromatic nitrogens is 2. The molecule has 6 nitrogen and oxygen atoms in total. The van der Waals surface area contributed by atoms with Crippen molar-refractivity contribution >= 4 is 5.95 Å². The predicted molar refractivity (Wildman–Crippen MR) is 64.0 cm³/mol. The molecule has 0 aliphatic carbocycles. The van der Waals surface area contributed by atoms with Crippen LogP contribution in [0.4, 0.5) is 5.95 Å². The Labute approximate surface area is 101 Å². The molecule has 1 aromatic rings. The van der Waals surface area contributed by atoms with Gasteiger partial charge in [-0.15, -0.1) is 0 Å². The van der Waals surface area contributed by atoms with E-state index in [9.17, 15) is 0 Å². The molecular weight excluding hydrogens is 222 g/mol. The normalized spacial score (nSPS) is 11.3. The van der Waals surface area contributed by atoms with Gasteiger partial charge in [-0.3, -0.25) is 0 Å². The first-order valence-corrected chi connectivity index (χ1v) is 5.59. The van der Waals surface area contributed by atoms with Gasteiger partial charge in [-0.1, -0.05) is 6.92 Å². The lowest BCUT2D eigenvalue weighted by Crippen LogP contribution is -2.43. The topological polar surface area (TPSA) is 87.5 Å². The summed E-state index contributed by atoms with van der Waals surface area (Å²) in [7, 11) is 0. The van der Waals surface area contributed by atoms with E-state index in [2.05, 4.69) is 15.3 Å². The Morgan fingerprint density at radius 3 is 2.71 bits per heavy atom. The molecule has 0 spiro atoms. The van der Waals surface area contributed by atoms with Crippen molar-refractivity contribution in [3.05, 3.63) is 12.3 Å². The summed E-state index contributed by atoms with van der Waals surface area (Å²) in [5, 5.41) is 21.2. The van der Waals surface area contributed by atoms with Gasteiger partial charge in [0.05, 0.1) is 25.4 Å². The van der Waals surface area contributed by atoms with Crippen molar-refractivity contribution in [1.82, 2.24) is 9.97 Å². The highest BCUT2D eigenvalue weighted by Crippen LogP contribution is 2.13. The summed E-state index contributed by atoms with van der Waals surface area (Å²) in [6.07, 6.45) is 2.47. The van der Waals surface area contributed by atoms with Gasteiger partial charge in [0, 0.05) is 12.3 Å². The van der Waals surface area contributed by atoms with Crippen molar-refractivity contribution in [1.29, 1.82) is 0 Å². The zero-order valence-corrected chi connectivity index (χ0v) is 10.2. The van der Waals surface area contributed by atoms with Crippen LogP contribution in [0.25, 0.3) is 0 Å². The molecule has 0 unspecified atom stereocenters. The lowest BCUT2D eigenvalue weighted by molar-refractivity contribution is 0.147. The molecule has 96 valence electrons. The molecule has 0 aliphatic rings. The Kier molecular flexibility index (Phi) is 5.11. The molecule has 0 atom stereocenters. The molecule has 1 aromatic heterocycles. The van der Waals surface area contributed by atoms with Crippen LogP contribution in [0.2, 0.25) is 0 Å². The van der Waals surface area contributed by atoms with Crippen LogP contribution in [0, 0.1) is 0 Å². The lowest BCUT2D eigenvalue weighted by atomic mass is 10.1. The maximum absolute atomic E-state index is 9.15. The van der Waals surface area contributed by atoms with Gasteiger partial charge in [0.15, 0.2) is 0 Å². The fourth-order valence-electron chi connectivity index (χ4n) is 1.09. The maximum Gasteiger partial charge on any atom is 0.226 e. The number of aliphatic hydroxyl groups excluding tert-OH is 2. The summed E-state index contributed by atoms with van der Waals surface area (Å²) >= 11 is 0. The van der Waals surface area contributed by atoms with Crippen molar-refractivity contribution < 1.29 is 14.9 Å². The second-order valence-corrected chi connectivity index (χ2v) is 4.07. The highest BCUT2D eigenvalue weighted by Gasteiger charge is 2.23. The molecule has 1 heterocycles. The van der Waals surface area contributed by atoms with Gasteiger partial charge in [-0.2, -0.15) is 4.98 Å². The fourth-order valence-corrected chi connectivity index (χ4v) is 1.09. The summed E-state index contributed by atoms with van der Waals surface area (Å²) in [4.78, 5) is 8.13. The first kappa shape index (κ1) is 13.7. The van der Waals surface area contributed by atoms with Gasteiger partial charge in [0.1, 0.15) is 0 Å². The molecule has 0 saturated heterocycles. The third-order valence-electron chi connectivity index (χ3n) is 2.20. The maximum atomic E-state index is 9.15. The first-order valence-electron chi connectivity index (χ1n) is 5.59. The van der Waals surface area contributed by atoms with Crippen molar-refractivity contribution in [3.8, 4) is 5.88 Å². The zero-order chi connectivity index (χ0) is 12.7. The van der Waals surface area contributed by atoms with Gasteiger partial charge in [-0.05, 0) is 13.3 Å². The van der Waals surface area contributed by atoms with E-state index in [0.29, 0.717) is 18.4 Å². The van der Waals surface area contributed by atoms with Gasteiger partial charge < -0.3 is 20.3 Å². The van der Waals surface area contributed by atoms with E-state index in [-0.39, 0.29) is 13.2 Å². The molecule has 0 fully saturated rings. The Balaban J connectivity index is 2.71. The van der Waals surface area contributed by atoms with Gasteiger partial charge in [0.2, 0.25) is 11.8 Å². The third-order valence-corrected chi connectivity index (χ3v) is 2.20. The standard InChI is InChI=1S/C11H19N3O3/c1-3-6-17-9-4-5-12-10(13-9)14-11(2,7-15)8-16/h4-5,15-16H,3,6-8H2,1-2H3,(H,12,13,14). The predicted octanol–water partition coefficient (Wildman–Crippen LogP) is 0.421. The van der Waals surface area contributed by atoms with E-state index >= 15 is 0 Å². The van der Waals surface area contributed by atoms with Crippen molar-refractivity contribution in [2.75, 3.05) is 25.1 Å². The number of anilines is 1. The number of nitrogens with one attached hydrogen (secondary N) is 1. The minimum atomic E-state index is -0.844. The molecule has 0 bridgehead atoms. The quantitative estimate of drug-likeness (QED) is 0.641. The Morgan fingerprint density at radius 2 is 2.12 bits per heavy atom. The first-order chi connectivity index (χ1) is 8.13. The molecule has 0 aromatic carbocycles. The van der Waals surface area contributed by atoms with E-state index in [4.69, 9.17) is 14.9 Å². The van der Waals surface area contributed by atoms with E-state index in [1.165, 1.54) is 0 Å². The molecule has 0 aliphatic heterocycles. The average Bonchev–Trinajstić information content (AvgIpc) is 2.36. The van der Waals surface area contributed by atoms with Gasteiger partial charge in [-0.25, -0.2) is 4.98 Å². The summed E-state index contributed by atoms with van der Waals surface area (Å²) in [5.74, 6) is 0.798. The minimum Gasteiger partial charge on any atom is -0.478 e. The number of hydrogen-bond donors (Lipinski definition) is 3. The zero-order valence-electron chi connectivity index (χ0n) is 10.2. The SMILES string of the molecule is CCCOc1ccnc(NC(C)(CO)CO)n1. The summed E-state index contributed by atoms with van der Waals surface area (Å²) < 4.78 is 5.36. The van der Waals surface area contributed by atoms with Crippen molar-refractivity contribution in [2.24, 2.45) is 0 Å². The Hall–Kier alpha value is -1.40. The van der Waals surface area contributed by atoms with Crippen LogP contribution in [0.3, 0.4) is 0 Å². The molecule has 0 amide bonds. The van der Waals surface area contributed by atoms with Crippen molar-refractivity contribution in [2.45, 2.75) is 25.8 Å². The molecular formula is C11H19N3O3. The highest BCUT2D eigenvalue weighted by atomic mass is 16.5. The van der Waals surface area contributed by atoms with Gasteiger partial charge >= 0.3 is 0 Å². The minimum absolute atomic E-state index is 0.215. The monoisotopic (exact) mass is 241 g/mol. The van der Waals surface area contributed by atoms with Crippen LogP contribution >= 0.6 is 0 Å². The van der Waals surface area contributed by atoms with E-state index in [1.54, 1.807) is 19.2 Å². The van der Waals surface area contributed by atoms with E-state index < -0.39 is 5.54 Å². The van der Waals surface area contributed by atoms with E-state index in [1.807, 2.05) is 6.92 Å². The number of hydrogen-bond acceptors (Lipinski definition) is 6. The number of nitrogens with zero attached hydrogens (tertiary/aromatic N) is 2. The summed E-state index contributed by atoms with van der Waals surface area (Å²) in [6.45, 7) is 3.85. The largest absolute Gasteiger partial charge is 0.478 e. The van der Waals surface area contributed by atoms with Gasteiger partial charge in [0.25, 0.3) is 0 Å².